The molecule has 0 fully saturated rings. The summed E-state index contributed by atoms with van der Waals surface area (Å²) >= 11 is 6.09. The molecule has 2 heterocycles. The quantitative estimate of drug-likeness (QED) is 0.319. The highest BCUT2D eigenvalue weighted by Gasteiger charge is 2.17. The Morgan fingerprint density at radius 3 is 2.47 bits per heavy atom. The first kappa shape index (κ1) is 23.5. The zero-order valence-corrected chi connectivity index (χ0v) is 20.5. The maximum absolute atomic E-state index is 13.0. The van der Waals surface area contributed by atoms with Crippen molar-refractivity contribution >= 4 is 28.4 Å². The van der Waals surface area contributed by atoms with Gasteiger partial charge in [0.2, 0.25) is 5.91 Å². The largest absolute Gasteiger partial charge is 0.341 e. The number of carbonyl (C=O) groups is 1. The van der Waals surface area contributed by atoms with Crippen LogP contribution < -0.4 is 5.56 Å². The molecule has 0 atom stereocenters. The summed E-state index contributed by atoms with van der Waals surface area (Å²) in [6, 6.07) is 24.5. The van der Waals surface area contributed by atoms with Crippen molar-refractivity contribution < 1.29 is 4.79 Å². The number of halogens is 1. The summed E-state index contributed by atoms with van der Waals surface area (Å²) in [4.78, 5) is 31.7. The number of fused-ring (bicyclic) bond motifs is 1. The number of hydrogen-bond acceptors (Lipinski definition) is 4. The molecule has 0 N–H and O–H groups in total. The Kier molecular flexibility index (Phi) is 6.64. The average Bonchev–Trinajstić information content (AvgIpc) is 3.33. The summed E-state index contributed by atoms with van der Waals surface area (Å²) in [5.74, 6) is -0.0791. The minimum atomic E-state index is -0.148. The molecular weight excluding hydrogens is 474 g/mol. The first-order chi connectivity index (χ1) is 17.5. The van der Waals surface area contributed by atoms with Gasteiger partial charge >= 0.3 is 0 Å². The van der Waals surface area contributed by atoms with E-state index in [1.807, 2.05) is 77.6 Å². The monoisotopic (exact) mass is 497 g/mol. The second-order valence-corrected chi connectivity index (χ2v) is 8.99. The third-order valence-electron chi connectivity index (χ3n) is 6.06. The van der Waals surface area contributed by atoms with E-state index >= 15 is 0 Å². The normalized spacial score (nSPS) is 11.1. The van der Waals surface area contributed by atoms with Crippen LogP contribution in [-0.4, -0.2) is 37.2 Å². The maximum Gasteiger partial charge on any atom is 0.261 e. The Balaban J connectivity index is 1.36. The molecular formula is C28H24ClN5O2. The highest BCUT2D eigenvalue weighted by atomic mass is 35.5. The van der Waals surface area contributed by atoms with E-state index in [1.54, 1.807) is 24.1 Å². The van der Waals surface area contributed by atoms with E-state index in [1.165, 1.54) is 10.9 Å². The van der Waals surface area contributed by atoms with Crippen LogP contribution in [0.3, 0.4) is 0 Å². The van der Waals surface area contributed by atoms with Gasteiger partial charge in [0.1, 0.15) is 0 Å². The highest BCUT2D eigenvalue weighted by Crippen LogP contribution is 2.26. The van der Waals surface area contributed by atoms with Crippen LogP contribution in [0.5, 0.6) is 0 Å². The van der Waals surface area contributed by atoms with Gasteiger partial charge < -0.3 is 4.90 Å². The molecule has 0 unspecified atom stereocenters. The molecule has 180 valence electrons. The van der Waals surface area contributed by atoms with Crippen LogP contribution in [0.25, 0.3) is 27.8 Å². The van der Waals surface area contributed by atoms with Gasteiger partial charge in [0, 0.05) is 48.9 Å². The maximum atomic E-state index is 13.0. The number of carbonyl (C=O) groups excluding carboxylic acids is 1. The summed E-state index contributed by atoms with van der Waals surface area (Å²) in [5, 5.41) is 6.00. The summed E-state index contributed by atoms with van der Waals surface area (Å²) in [7, 11) is 1.76. The number of aryl methyl sites for hydroxylation is 1. The molecule has 0 aliphatic carbocycles. The predicted octanol–water partition coefficient (Wildman–Crippen LogP) is 4.95. The van der Waals surface area contributed by atoms with Crippen LogP contribution in [-0.2, 0) is 17.9 Å². The van der Waals surface area contributed by atoms with Crippen LogP contribution in [0.1, 0.15) is 12.0 Å². The number of para-hydroxylation sites is 2. The average molecular weight is 498 g/mol. The van der Waals surface area contributed by atoms with E-state index < -0.39 is 0 Å². The molecule has 5 rings (SSSR count). The predicted molar refractivity (Wildman–Crippen MR) is 141 cm³/mol. The van der Waals surface area contributed by atoms with Gasteiger partial charge in [-0.25, -0.2) is 9.67 Å². The number of amides is 1. The third kappa shape index (κ3) is 4.92. The molecule has 0 bridgehead atoms. The van der Waals surface area contributed by atoms with Gasteiger partial charge in [0.05, 0.1) is 28.6 Å². The molecule has 0 radical (unpaired) electrons. The molecule has 5 aromatic rings. The zero-order chi connectivity index (χ0) is 25.1. The Morgan fingerprint density at radius 1 is 0.972 bits per heavy atom. The fraction of sp³-hybridized carbons (Fsp3) is 0.143. The summed E-state index contributed by atoms with van der Waals surface area (Å²) < 4.78 is 3.30. The SMILES string of the molecule is CN(Cc1cn(-c2ccccc2)nc1-c1ccc(Cl)cc1)C(=O)CCn1cnc2ccccc2c1=O. The molecule has 0 aliphatic heterocycles. The van der Waals surface area contributed by atoms with Crippen LogP contribution in [0.2, 0.25) is 5.02 Å². The van der Waals surface area contributed by atoms with Crippen molar-refractivity contribution in [1.82, 2.24) is 24.2 Å². The third-order valence-corrected chi connectivity index (χ3v) is 6.31. The van der Waals surface area contributed by atoms with Gasteiger partial charge in [-0.05, 0) is 36.4 Å². The number of benzene rings is 3. The minimum Gasteiger partial charge on any atom is -0.341 e. The summed E-state index contributed by atoms with van der Waals surface area (Å²) in [6.07, 6.45) is 3.63. The number of rotatable bonds is 7. The van der Waals surface area contributed by atoms with Gasteiger partial charge in [-0.1, -0.05) is 54.1 Å². The molecule has 0 spiro atoms. The van der Waals surface area contributed by atoms with E-state index in [-0.39, 0.29) is 24.4 Å². The van der Waals surface area contributed by atoms with Crippen molar-refractivity contribution in [2.24, 2.45) is 0 Å². The van der Waals surface area contributed by atoms with Crippen LogP contribution in [0.15, 0.2) is 96.2 Å². The summed E-state index contributed by atoms with van der Waals surface area (Å²) in [5.41, 5.74) is 4.03. The molecule has 7 nitrogen and oxygen atoms in total. The lowest BCUT2D eigenvalue weighted by Gasteiger charge is -2.17. The van der Waals surface area contributed by atoms with Crippen molar-refractivity contribution in [3.05, 3.63) is 112 Å². The van der Waals surface area contributed by atoms with Crippen LogP contribution >= 0.6 is 11.6 Å². The standard InChI is InChI=1S/C28H24ClN5O2/c1-32(26(35)15-16-33-19-30-25-10-6-5-9-24(25)28(33)36)17-21-18-34(23-7-3-2-4-8-23)31-27(21)20-11-13-22(29)14-12-20/h2-14,18-19H,15-17H2,1H3. The lowest BCUT2D eigenvalue weighted by atomic mass is 10.1. The van der Waals surface area contributed by atoms with E-state index in [4.69, 9.17) is 16.7 Å². The van der Waals surface area contributed by atoms with Crippen LogP contribution in [0.4, 0.5) is 0 Å². The fourth-order valence-electron chi connectivity index (χ4n) is 4.11. The van der Waals surface area contributed by atoms with Crippen molar-refractivity contribution in [1.29, 1.82) is 0 Å². The van der Waals surface area contributed by atoms with E-state index in [9.17, 15) is 9.59 Å². The second kappa shape index (κ2) is 10.2. The Hall–Kier alpha value is -4.23. The van der Waals surface area contributed by atoms with E-state index in [0.29, 0.717) is 22.5 Å². The Labute approximate surface area is 213 Å². The lowest BCUT2D eigenvalue weighted by molar-refractivity contribution is -0.130. The number of nitrogens with zero attached hydrogens (tertiary/aromatic N) is 5. The van der Waals surface area contributed by atoms with E-state index in [0.717, 1.165) is 22.5 Å². The van der Waals surface area contributed by atoms with Crippen molar-refractivity contribution in [3.63, 3.8) is 0 Å². The second-order valence-electron chi connectivity index (χ2n) is 8.55. The van der Waals surface area contributed by atoms with Crippen molar-refractivity contribution in [2.75, 3.05) is 7.05 Å². The van der Waals surface area contributed by atoms with E-state index in [2.05, 4.69) is 4.98 Å². The van der Waals surface area contributed by atoms with Crippen LogP contribution in [0, 0.1) is 0 Å². The van der Waals surface area contributed by atoms with Crippen molar-refractivity contribution in [2.45, 2.75) is 19.5 Å². The smallest absolute Gasteiger partial charge is 0.261 e. The first-order valence-corrected chi connectivity index (χ1v) is 12.0. The Bertz CT molecular complexity index is 1580. The molecule has 0 saturated heterocycles. The highest BCUT2D eigenvalue weighted by molar-refractivity contribution is 6.30. The minimum absolute atomic E-state index is 0.0791. The van der Waals surface area contributed by atoms with Gasteiger partial charge in [-0.2, -0.15) is 5.10 Å². The lowest BCUT2D eigenvalue weighted by Crippen LogP contribution is -2.29. The molecule has 8 heteroatoms. The molecule has 3 aromatic carbocycles. The molecule has 0 aliphatic rings. The van der Waals surface area contributed by atoms with Gasteiger partial charge in [-0.15, -0.1) is 0 Å². The van der Waals surface area contributed by atoms with Gasteiger partial charge in [0.15, 0.2) is 0 Å². The fourth-order valence-corrected chi connectivity index (χ4v) is 4.23. The summed E-state index contributed by atoms with van der Waals surface area (Å²) in [6.45, 7) is 0.627. The topological polar surface area (TPSA) is 73.0 Å². The van der Waals surface area contributed by atoms with Crippen molar-refractivity contribution in [3.8, 4) is 16.9 Å². The van der Waals surface area contributed by atoms with Gasteiger partial charge in [0.25, 0.3) is 5.56 Å². The Morgan fingerprint density at radius 2 is 1.69 bits per heavy atom. The molecule has 2 aromatic heterocycles. The van der Waals surface area contributed by atoms with Gasteiger partial charge in [-0.3, -0.25) is 14.2 Å². The first-order valence-electron chi connectivity index (χ1n) is 11.6. The number of aromatic nitrogens is 4. The zero-order valence-electron chi connectivity index (χ0n) is 19.7. The number of hydrogen-bond donors (Lipinski definition) is 0. The molecule has 36 heavy (non-hydrogen) atoms. The molecule has 0 saturated carbocycles. The molecule has 1 amide bonds.